The third-order valence-corrected chi connectivity index (χ3v) is 10.5. The molecule has 50 heavy (non-hydrogen) atoms. The number of hydrogen-bond acceptors (Lipinski definition) is 6. The van der Waals surface area contributed by atoms with Crippen LogP contribution in [0.25, 0.3) is 0 Å². The maximum atomic E-state index is 14.3. The standard InChI is InChI=1S/C42H47BrN2O5/c1-8-49-35-18-28(17-29(43)40(35)50-24-36(48)44-30-15-14-25(2)16-26(30)3)37-38-31(19-41(4,5)21-33(38)46)45(23-27-12-10-9-11-13-27)32-20-42(6,7)22-34(47)39(32)37/h9-18,37H,8,19-24H2,1-7H3,(H,44,48). The third kappa shape index (κ3) is 7.32. The van der Waals surface area contributed by atoms with Gasteiger partial charge in [0, 0.05) is 53.5 Å². The molecule has 1 aliphatic heterocycles. The first-order valence-corrected chi connectivity index (χ1v) is 18.3. The maximum Gasteiger partial charge on any atom is 0.262 e. The average Bonchev–Trinajstić information content (AvgIpc) is 3.02. The number of Topliss-reactive ketones (excluding diaryl/α,β-unsaturated/α-hetero) is 2. The first-order valence-electron chi connectivity index (χ1n) is 17.5. The monoisotopic (exact) mass is 738 g/mol. The number of anilines is 1. The summed E-state index contributed by atoms with van der Waals surface area (Å²) in [6, 6.07) is 19.9. The molecule has 1 heterocycles. The van der Waals surface area contributed by atoms with Gasteiger partial charge >= 0.3 is 0 Å². The number of nitrogens with one attached hydrogen (secondary N) is 1. The van der Waals surface area contributed by atoms with Crippen LogP contribution >= 0.6 is 15.9 Å². The molecule has 6 rings (SSSR count). The van der Waals surface area contributed by atoms with Gasteiger partial charge in [0.2, 0.25) is 0 Å². The van der Waals surface area contributed by atoms with E-state index >= 15 is 0 Å². The summed E-state index contributed by atoms with van der Waals surface area (Å²) in [5.74, 6) is 0.137. The van der Waals surface area contributed by atoms with Crippen LogP contribution in [0, 0.1) is 24.7 Å². The number of rotatable bonds is 9. The van der Waals surface area contributed by atoms with Crippen molar-refractivity contribution in [2.75, 3.05) is 18.5 Å². The molecule has 1 amide bonds. The fourth-order valence-electron chi connectivity index (χ4n) is 7.77. The summed E-state index contributed by atoms with van der Waals surface area (Å²) in [5, 5.41) is 2.94. The van der Waals surface area contributed by atoms with E-state index in [9.17, 15) is 14.4 Å². The average molecular weight is 740 g/mol. The SMILES string of the molecule is CCOc1cc(C2C3=C(CC(C)(C)CC3=O)N(Cc3ccccc3)C3=C2C(=O)CC(C)(C)C3)cc(Br)c1OCC(=O)Nc1ccc(C)cc1C. The van der Waals surface area contributed by atoms with Gasteiger partial charge < -0.3 is 19.7 Å². The van der Waals surface area contributed by atoms with Crippen LogP contribution in [0.4, 0.5) is 5.69 Å². The van der Waals surface area contributed by atoms with Crippen LogP contribution < -0.4 is 14.8 Å². The minimum absolute atomic E-state index is 0.0703. The summed E-state index contributed by atoms with van der Waals surface area (Å²) >= 11 is 3.72. The summed E-state index contributed by atoms with van der Waals surface area (Å²) in [6.07, 6.45) is 2.25. The lowest BCUT2D eigenvalue weighted by Crippen LogP contribution is -2.44. The Labute approximate surface area is 304 Å². The maximum absolute atomic E-state index is 14.3. The van der Waals surface area contributed by atoms with Crippen molar-refractivity contribution in [2.45, 2.75) is 86.6 Å². The topological polar surface area (TPSA) is 84.9 Å². The predicted molar refractivity (Wildman–Crippen MR) is 200 cm³/mol. The Morgan fingerprint density at radius 3 is 2.06 bits per heavy atom. The van der Waals surface area contributed by atoms with Crippen molar-refractivity contribution in [2.24, 2.45) is 10.8 Å². The van der Waals surface area contributed by atoms with E-state index in [2.05, 4.69) is 66.0 Å². The smallest absolute Gasteiger partial charge is 0.262 e. The Hall–Kier alpha value is -4.17. The molecule has 3 aromatic carbocycles. The van der Waals surface area contributed by atoms with Gasteiger partial charge in [-0.3, -0.25) is 14.4 Å². The molecule has 1 N–H and O–H groups in total. The van der Waals surface area contributed by atoms with Crippen LogP contribution in [0.5, 0.6) is 11.5 Å². The second-order valence-electron chi connectivity index (χ2n) is 15.5. The van der Waals surface area contributed by atoms with Crippen LogP contribution in [0.15, 0.2) is 87.7 Å². The van der Waals surface area contributed by atoms with E-state index in [4.69, 9.17) is 9.47 Å². The zero-order valence-electron chi connectivity index (χ0n) is 30.2. The van der Waals surface area contributed by atoms with Crippen LogP contribution in [-0.2, 0) is 20.9 Å². The highest BCUT2D eigenvalue weighted by Crippen LogP contribution is 2.56. The van der Waals surface area contributed by atoms with Gasteiger partial charge in [-0.25, -0.2) is 0 Å². The van der Waals surface area contributed by atoms with Crippen molar-refractivity contribution in [3.8, 4) is 11.5 Å². The Morgan fingerprint density at radius 2 is 1.48 bits per heavy atom. The summed E-state index contributed by atoms with van der Waals surface area (Å²) in [4.78, 5) is 44.0. The minimum Gasteiger partial charge on any atom is -0.490 e. The van der Waals surface area contributed by atoms with E-state index in [0.29, 0.717) is 53.1 Å². The molecule has 3 aliphatic rings. The zero-order valence-corrected chi connectivity index (χ0v) is 31.8. The van der Waals surface area contributed by atoms with Gasteiger partial charge in [0.15, 0.2) is 29.7 Å². The second-order valence-corrected chi connectivity index (χ2v) is 16.4. The molecule has 0 aromatic heterocycles. The summed E-state index contributed by atoms with van der Waals surface area (Å²) in [7, 11) is 0. The van der Waals surface area contributed by atoms with E-state index in [1.165, 1.54) is 0 Å². The van der Waals surface area contributed by atoms with Gasteiger partial charge in [-0.1, -0.05) is 75.7 Å². The molecule has 0 saturated carbocycles. The van der Waals surface area contributed by atoms with E-state index < -0.39 is 5.92 Å². The van der Waals surface area contributed by atoms with Crippen molar-refractivity contribution in [3.05, 3.63) is 110 Å². The van der Waals surface area contributed by atoms with Gasteiger partial charge in [-0.05, 0) is 95.3 Å². The number of nitrogens with zero attached hydrogens (tertiary/aromatic N) is 1. The number of amides is 1. The van der Waals surface area contributed by atoms with E-state index in [1.807, 2.05) is 69.3 Å². The predicted octanol–water partition coefficient (Wildman–Crippen LogP) is 9.37. The zero-order chi connectivity index (χ0) is 36.0. The van der Waals surface area contributed by atoms with Crippen molar-refractivity contribution in [1.29, 1.82) is 0 Å². The van der Waals surface area contributed by atoms with Crippen LogP contribution in [-0.4, -0.2) is 35.6 Å². The normalized spacial score (nSPS) is 18.5. The van der Waals surface area contributed by atoms with Crippen LogP contribution in [0.2, 0.25) is 0 Å². The molecule has 0 saturated heterocycles. The first-order chi connectivity index (χ1) is 23.7. The molecule has 262 valence electrons. The fraction of sp³-hybridized carbons (Fsp3) is 0.405. The molecule has 3 aromatic rings. The number of carbonyl (C=O) groups excluding carboxylic acids is 3. The number of ether oxygens (including phenoxy) is 2. The number of allylic oxidation sites excluding steroid dienone is 4. The first kappa shape index (κ1) is 35.6. The number of halogens is 1. The Balaban J connectivity index is 1.43. The molecule has 0 spiro atoms. The highest BCUT2D eigenvalue weighted by Gasteiger charge is 2.49. The van der Waals surface area contributed by atoms with Crippen molar-refractivity contribution in [1.82, 2.24) is 4.90 Å². The number of benzene rings is 3. The molecule has 0 atom stereocenters. The molecule has 0 unspecified atom stereocenters. The summed E-state index contributed by atoms with van der Waals surface area (Å²) in [5.41, 5.74) is 7.67. The Bertz CT molecular complexity index is 1870. The van der Waals surface area contributed by atoms with Gasteiger partial charge in [0.25, 0.3) is 5.91 Å². The summed E-state index contributed by atoms with van der Waals surface area (Å²) < 4.78 is 12.8. The van der Waals surface area contributed by atoms with Gasteiger partial charge in [0.05, 0.1) is 11.1 Å². The molecule has 0 fully saturated rings. The quantitative estimate of drug-likeness (QED) is 0.236. The van der Waals surface area contributed by atoms with E-state index in [1.54, 1.807) is 0 Å². The third-order valence-electron chi connectivity index (χ3n) is 9.87. The van der Waals surface area contributed by atoms with Crippen molar-refractivity contribution in [3.63, 3.8) is 0 Å². The number of ketones is 2. The van der Waals surface area contributed by atoms with E-state index in [0.717, 1.165) is 52.2 Å². The number of hydrogen-bond donors (Lipinski definition) is 1. The van der Waals surface area contributed by atoms with Crippen LogP contribution in [0.1, 0.15) is 88.5 Å². The molecule has 0 bridgehead atoms. The van der Waals surface area contributed by atoms with Gasteiger partial charge in [-0.15, -0.1) is 0 Å². The van der Waals surface area contributed by atoms with E-state index in [-0.39, 0.29) is 34.9 Å². The van der Waals surface area contributed by atoms with Crippen LogP contribution in [0.3, 0.4) is 0 Å². The number of aryl methyl sites for hydroxylation is 2. The van der Waals surface area contributed by atoms with Crippen molar-refractivity contribution < 1.29 is 23.9 Å². The van der Waals surface area contributed by atoms with Gasteiger partial charge in [0.1, 0.15) is 0 Å². The molecular formula is C42H47BrN2O5. The molecule has 2 aliphatic carbocycles. The van der Waals surface area contributed by atoms with Crippen molar-refractivity contribution >= 4 is 39.1 Å². The lowest BCUT2D eigenvalue weighted by molar-refractivity contribution is -0.120. The number of carbonyl (C=O) groups is 3. The lowest BCUT2D eigenvalue weighted by atomic mass is 9.63. The highest BCUT2D eigenvalue weighted by molar-refractivity contribution is 9.10. The Kier molecular flexibility index (Phi) is 9.88. The molecule has 8 heteroatoms. The molecule has 7 nitrogen and oxygen atoms in total. The molecule has 0 radical (unpaired) electrons. The molecular weight excluding hydrogens is 692 g/mol. The Morgan fingerprint density at radius 1 is 0.860 bits per heavy atom. The largest absolute Gasteiger partial charge is 0.490 e. The van der Waals surface area contributed by atoms with Gasteiger partial charge in [-0.2, -0.15) is 0 Å². The minimum atomic E-state index is -0.545. The fourth-order valence-corrected chi connectivity index (χ4v) is 8.35. The summed E-state index contributed by atoms with van der Waals surface area (Å²) in [6.45, 7) is 15.2. The highest BCUT2D eigenvalue weighted by atomic mass is 79.9. The lowest BCUT2D eigenvalue weighted by Gasteiger charge is -2.49. The second kappa shape index (κ2) is 13.9.